The lowest BCUT2D eigenvalue weighted by Crippen LogP contribution is -2.04. The van der Waals surface area contributed by atoms with E-state index in [4.69, 9.17) is 17.3 Å². The zero-order chi connectivity index (χ0) is 11.4. The highest BCUT2D eigenvalue weighted by Crippen LogP contribution is 2.19. The molecule has 0 spiro atoms. The van der Waals surface area contributed by atoms with Crippen LogP contribution in [0.25, 0.3) is 11.3 Å². The summed E-state index contributed by atoms with van der Waals surface area (Å²) in [4.78, 5) is 4.54. The van der Waals surface area contributed by atoms with Gasteiger partial charge in [0.05, 0.1) is 5.69 Å². The molecule has 3 heteroatoms. The van der Waals surface area contributed by atoms with Gasteiger partial charge in [-0.05, 0) is 30.8 Å². The van der Waals surface area contributed by atoms with Crippen molar-refractivity contribution in [3.8, 4) is 11.3 Å². The number of nitrogens with zero attached hydrogens (tertiary/aromatic N) is 1. The largest absolute Gasteiger partial charge is 0.330 e. The van der Waals surface area contributed by atoms with Gasteiger partial charge in [-0.25, -0.2) is 0 Å². The van der Waals surface area contributed by atoms with Gasteiger partial charge in [-0.15, -0.1) is 0 Å². The molecule has 2 rings (SSSR count). The van der Waals surface area contributed by atoms with Gasteiger partial charge in [0.25, 0.3) is 0 Å². The predicted octanol–water partition coefficient (Wildman–Crippen LogP) is 2.90. The first-order valence-electron chi connectivity index (χ1n) is 5.21. The maximum atomic E-state index is 5.84. The third-order valence-corrected chi connectivity index (χ3v) is 2.60. The molecule has 0 bridgehead atoms. The Morgan fingerprint density at radius 1 is 1.06 bits per heavy atom. The van der Waals surface area contributed by atoms with Gasteiger partial charge in [-0.1, -0.05) is 29.8 Å². The third kappa shape index (κ3) is 2.60. The summed E-state index contributed by atoms with van der Waals surface area (Å²) in [6.45, 7) is 0.622. The van der Waals surface area contributed by atoms with E-state index in [1.165, 1.54) is 0 Å². The fourth-order valence-corrected chi connectivity index (χ4v) is 1.67. The van der Waals surface area contributed by atoms with Crippen LogP contribution < -0.4 is 5.73 Å². The predicted molar refractivity (Wildman–Crippen MR) is 67.4 cm³/mol. The molecule has 0 atom stereocenters. The van der Waals surface area contributed by atoms with Crippen molar-refractivity contribution in [2.45, 2.75) is 6.42 Å². The van der Waals surface area contributed by atoms with Crippen molar-refractivity contribution in [1.29, 1.82) is 0 Å². The second kappa shape index (κ2) is 5.10. The van der Waals surface area contributed by atoms with Crippen molar-refractivity contribution in [3.63, 3.8) is 0 Å². The Bertz CT molecular complexity index is 466. The van der Waals surface area contributed by atoms with E-state index in [1.54, 1.807) is 0 Å². The van der Waals surface area contributed by atoms with Crippen LogP contribution in [-0.4, -0.2) is 11.5 Å². The van der Waals surface area contributed by atoms with E-state index in [9.17, 15) is 0 Å². The zero-order valence-corrected chi connectivity index (χ0v) is 9.61. The SMILES string of the molecule is NCCc1cccc(-c2ccc(Cl)cc2)n1. The molecule has 0 saturated carbocycles. The average Bonchev–Trinajstić information content (AvgIpc) is 2.31. The maximum absolute atomic E-state index is 5.84. The summed E-state index contributed by atoms with van der Waals surface area (Å²) in [5, 5.41) is 0.738. The molecule has 0 saturated heterocycles. The summed E-state index contributed by atoms with van der Waals surface area (Å²) >= 11 is 5.84. The summed E-state index contributed by atoms with van der Waals surface area (Å²) in [5.74, 6) is 0. The highest BCUT2D eigenvalue weighted by atomic mass is 35.5. The van der Waals surface area contributed by atoms with Gasteiger partial charge in [0.1, 0.15) is 0 Å². The Morgan fingerprint density at radius 3 is 2.50 bits per heavy atom. The van der Waals surface area contributed by atoms with E-state index in [0.29, 0.717) is 6.54 Å². The molecule has 16 heavy (non-hydrogen) atoms. The minimum atomic E-state index is 0.622. The van der Waals surface area contributed by atoms with Crippen molar-refractivity contribution in [3.05, 3.63) is 53.2 Å². The van der Waals surface area contributed by atoms with Gasteiger partial charge in [-0.3, -0.25) is 4.98 Å². The number of halogens is 1. The van der Waals surface area contributed by atoms with Crippen molar-refractivity contribution in [2.75, 3.05) is 6.54 Å². The third-order valence-electron chi connectivity index (χ3n) is 2.35. The van der Waals surface area contributed by atoms with E-state index in [1.807, 2.05) is 42.5 Å². The van der Waals surface area contributed by atoms with Gasteiger partial charge < -0.3 is 5.73 Å². The van der Waals surface area contributed by atoms with Crippen LogP contribution in [-0.2, 0) is 6.42 Å². The number of pyridine rings is 1. The topological polar surface area (TPSA) is 38.9 Å². The molecule has 0 amide bonds. The molecular weight excluding hydrogens is 220 g/mol. The monoisotopic (exact) mass is 232 g/mol. The number of hydrogen-bond donors (Lipinski definition) is 1. The lowest BCUT2D eigenvalue weighted by atomic mass is 10.1. The zero-order valence-electron chi connectivity index (χ0n) is 8.86. The molecule has 0 radical (unpaired) electrons. The van der Waals surface area contributed by atoms with Crippen LogP contribution in [0.5, 0.6) is 0 Å². The quantitative estimate of drug-likeness (QED) is 0.884. The summed E-state index contributed by atoms with van der Waals surface area (Å²) in [6, 6.07) is 13.7. The Morgan fingerprint density at radius 2 is 1.81 bits per heavy atom. The van der Waals surface area contributed by atoms with E-state index in [0.717, 1.165) is 28.4 Å². The minimum absolute atomic E-state index is 0.622. The minimum Gasteiger partial charge on any atom is -0.330 e. The van der Waals surface area contributed by atoms with E-state index in [2.05, 4.69) is 4.98 Å². The smallest absolute Gasteiger partial charge is 0.0705 e. The van der Waals surface area contributed by atoms with Crippen LogP contribution in [0.3, 0.4) is 0 Å². The number of rotatable bonds is 3. The fraction of sp³-hybridized carbons (Fsp3) is 0.154. The molecule has 1 aromatic heterocycles. The molecule has 82 valence electrons. The van der Waals surface area contributed by atoms with E-state index < -0.39 is 0 Å². The summed E-state index contributed by atoms with van der Waals surface area (Å²) in [7, 11) is 0. The van der Waals surface area contributed by atoms with Crippen LogP contribution in [0.15, 0.2) is 42.5 Å². The highest BCUT2D eigenvalue weighted by molar-refractivity contribution is 6.30. The Labute approximate surface area is 100 Å². The molecule has 0 unspecified atom stereocenters. The van der Waals surface area contributed by atoms with Gasteiger partial charge in [-0.2, -0.15) is 0 Å². The summed E-state index contributed by atoms with van der Waals surface area (Å²) < 4.78 is 0. The molecule has 2 N–H and O–H groups in total. The van der Waals surface area contributed by atoms with Gasteiger partial charge in [0.2, 0.25) is 0 Å². The first-order valence-corrected chi connectivity index (χ1v) is 5.59. The molecular formula is C13H13ClN2. The molecule has 1 heterocycles. The van der Waals surface area contributed by atoms with Gasteiger partial charge in [0.15, 0.2) is 0 Å². The Balaban J connectivity index is 2.32. The van der Waals surface area contributed by atoms with Crippen LogP contribution in [0.1, 0.15) is 5.69 Å². The van der Waals surface area contributed by atoms with Crippen molar-refractivity contribution in [1.82, 2.24) is 4.98 Å². The Hall–Kier alpha value is -1.38. The lowest BCUT2D eigenvalue weighted by molar-refractivity contribution is 0.925. The van der Waals surface area contributed by atoms with Gasteiger partial charge in [0, 0.05) is 22.7 Å². The van der Waals surface area contributed by atoms with Crippen LogP contribution >= 0.6 is 11.6 Å². The fourth-order valence-electron chi connectivity index (χ4n) is 1.55. The second-order valence-electron chi connectivity index (χ2n) is 3.56. The number of aromatic nitrogens is 1. The maximum Gasteiger partial charge on any atom is 0.0705 e. The Kier molecular flexibility index (Phi) is 3.54. The first kappa shape index (κ1) is 11.1. The molecule has 2 nitrogen and oxygen atoms in total. The first-order chi connectivity index (χ1) is 7.79. The van der Waals surface area contributed by atoms with Crippen molar-refractivity contribution >= 4 is 11.6 Å². The lowest BCUT2D eigenvalue weighted by Gasteiger charge is -2.03. The molecule has 0 fully saturated rings. The summed E-state index contributed by atoms with van der Waals surface area (Å²) in [5.41, 5.74) is 8.57. The molecule has 0 aliphatic heterocycles. The molecule has 2 aromatic rings. The molecule has 1 aromatic carbocycles. The summed E-state index contributed by atoms with van der Waals surface area (Å²) in [6.07, 6.45) is 0.807. The van der Waals surface area contributed by atoms with Crippen LogP contribution in [0.2, 0.25) is 5.02 Å². The normalized spacial score (nSPS) is 10.4. The number of nitrogens with two attached hydrogens (primary N) is 1. The standard InChI is InChI=1S/C13H13ClN2/c14-11-6-4-10(5-7-11)13-3-1-2-12(16-13)8-9-15/h1-7H,8-9,15H2. The van der Waals surface area contributed by atoms with Crippen LogP contribution in [0.4, 0.5) is 0 Å². The molecule has 0 aliphatic carbocycles. The van der Waals surface area contributed by atoms with E-state index >= 15 is 0 Å². The van der Waals surface area contributed by atoms with Gasteiger partial charge >= 0.3 is 0 Å². The van der Waals surface area contributed by atoms with Crippen molar-refractivity contribution in [2.24, 2.45) is 5.73 Å². The molecule has 0 aliphatic rings. The second-order valence-corrected chi connectivity index (χ2v) is 4.00. The van der Waals surface area contributed by atoms with Crippen molar-refractivity contribution < 1.29 is 0 Å². The highest BCUT2D eigenvalue weighted by Gasteiger charge is 2.00. The number of hydrogen-bond acceptors (Lipinski definition) is 2. The number of benzene rings is 1. The van der Waals surface area contributed by atoms with E-state index in [-0.39, 0.29) is 0 Å². The van der Waals surface area contributed by atoms with Crippen LogP contribution in [0, 0.1) is 0 Å². The average molecular weight is 233 g/mol.